The first kappa shape index (κ1) is 16.3. The lowest BCUT2D eigenvalue weighted by atomic mass is 10.1. The molecule has 0 aliphatic rings. The molecule has 0 heterocycles. The normalized spacial score (nSPS) is 10.8. The van der Waals surface area contributed by atoms with E-state index in [-0.39, 0.29) is 5.57 Å². The predicted octanol–water partition coefficient (Wildman–Crippen LogP) is 3.86. The van der Waals surface area contributed by atoms with E-state index in [0.29, 0.717) is 5.69 Å². The van der Waals surface area contributed by atoms with Crippen LogP contribution in [0.25, 0.3) is 6.08 Å². The molecule has 0 saturated carbocycles. The van der Waals surface area contributed by atoms with E-state index in [1.165, 1.54) is 0 Å². The van der Waals surface area contributed by atoms with Crippen molar-refractivity contribution < 1.29 is 9.53 Å². The lowest BCUT2D eigenvalue weighted by Gasteiger charge is -2.07. The van der Waals surface area contributed by atoms with E-state index in [9.17, 15) is 10.1 Å². The Bertz CT molecular complexity index is 801. The monoisotopic (exact) mass is 306 g/mol. The minimum atomic E-state index is -0.424. The molecule has 1 amide bonds. The number of aryl methyl sites for hydroxylation is 2. The largest absolute Gasteiger partial charge is 0.496 e. The molecule has 0 aliphatic heterocycles. The van der Waals surface area contributed by atoms with Crippen LogP contribution >= 0.6 is 0 Å². The molecule has 0 unspecified atom stereocenters. The van der Waals surface area contributed by atoms with Gasteiger partial charge in [-0.2, -0.15) is 5.26 Å². The van der Waals surface area contributed by atoms with E-state index in [2.05, 4.69) is 5.32 Å². The van der Waals surface area contributed by atoms with Crippen molar-refractivity contribution >= 4 is 17.7 Å². The number of amides is 1. The highest BCUT2D eigenvalue weighted by atomic mass is 16.5. The third-order valence-corrected chi connectivity index (χ3v) is 3.37. The average Bonchev–Trinajstić information content (AvgIpc) is 2.52. The fraction of sp³-hybridized carbons (Fsp3) is 0.158. The topological polar surface area (TPSA) is 62.1 Å². The first-order chi connectivity index (χ1) is 11.0. The van der Waals surface area contributed by atoms with Crippen molar-refractivity contribution in [3.8, 4) is 11.8 Å². The second-order valence-corrected chi connectivity index (χ2v) is 5.22. The Morgan fingerprint density at radius 1 is 1.22 bits per heavy atom. The Morgan fingerprint density at radius 2 is 2.00 bits per heavy atom. The van der Waals surface area contributed by atoms with Crippen LogP contribution in [0.4, 0.5) is 5.69 Å². The van der Waals surface area contributed by atoms with Gasteiger partial charge in [-0.1, -0.05) is 18.2 Å². The van der Waals surface area contributed by atoms with E-state index in [1.807, 2.05) is 56.3 Å². The standard InChI is InChI=1S/C19H18N2O2/c1-13-5-4-6-17(9-13)21-19(22)16(12-20)11-15-7-8-18(23-3)14(2)10-15/h4-11H,1-3H3,(H,21,22)/b16-11-. The summed E-state index contributed by atoms with van der Waals surface area (Å²) in [7, 11) is 1.61. The molecule has 0 bridgehead atoms. The highest BCUT2D eigenvalue weighted by molar-refractivity contribution is 6.09. The van der Waals surface area contributed by atoms with Gasteiger partial charge in [0.05, 0.1) is 7.11 Å². The number of methoxy groups -OCH3 is 1. The molecule has 0 saturated heterocycles. The van der Waals surface area contributed by atoms with Gasteiger partial charge in [0.15, 0.2) is 0 Å². The number of hydrogen-bond acceptors (Lipinski definition) is 3. The number of carbonyl (C=O) groups excluding carboxylic acids is 1. The van der Waals surface area contributed by atoms with Crippen molar-refractivity contribution in [3.63, 3.8) is 0 Å². The van der Waals surface area contributed by atoms with Gasteiger partial charge in [-0.05, 0) is 60.9 Å². The number of nitrogens with one attached hydrogen (secondary N) is 1. The van der Waals surface area contributed by atoms with Crippen LogP contribution < -0.4 is 10.1 Å². The predicted molar refractivity (Wildman–Crippen MR) is 91.1 cm³/mol. The van der Waals surface area contributed by atoms with Crippen LogP contribution in [0.3, 0.4) is 0 Å². The van der Waals surface area contributed by atoms with Crippen LogP contribution in [0, 0.1) is 25.2 Å². The van der Waals surface area contributed by atoms with Crippen molar-refractivity contribution in [1.29, 1.82) is 5.26 Å². The van der Waals surface area contributed by atoms with Crippen molar-refractivity contribution in [2.45, 2.75) is 13.8 Å². The van der Waals surface area contributed by atoms with Crippen LogP contribution in [-0.2, 0) is 4.79 Å². The van der Waals surface area contributed by atoms with E-state index in [0.717, 1.165) is 22.4 Å². The summed E-state index contributed by atoms with van der Waals surface area (Å²) < 4.78 is 5.20. The summed E-state index contributed by atoms with van der Waals surface area (Å²) in [5, 5.41) is 12.0. The molecular weight excluding hydrogens is 288 g/mol. The highest BCUT2D eigenvalue weighted by Gasteiger charge is 2.10. The summed E-state index contributed by atoms with van der Waals surface area (Å²) in [6, 6.07) is 14.9. The van der Waals surface area contributed by atoms with Crippen LogP contribution in [-0.4, -0.2) is 13.0 Å². The quantitative estimate of drug-likeness (QED) is 0.689. The summed E-state index contributed by atoms with van der Waals surface area (Å²) in [5.74, 6) is 0.344. The van der Waals surface area contributed by atoms with Crippen LogP contribution in [0.15, 0.2) is 48.0 Å². The minimum Gasteiger partial charge on any atom is -0.496 e. The number of ether oxygens (including phenoxy) is 1. The summed E-state index contributed by atoms with van der Waals surface area (Å²) in [6.07, 6.45) is 1.57. The molecule has 2 aromatic carbocycles. The summed E-state index contributed by atoms with van der Waals surface area (Å²) in [6.45, 7) is 3.85. The summed E-state index contributed by atoms with van der Waals surface area (Å²) in [4.78, 5) is 12.2. The van der Waals surface area contributed by atoms with Gasteiger partial charge >= 0.3 is 0 Å². The Morgan fingerprint density at radius 3 is 2.61 bits per heavy atom. The van der Waals surface area contributed by atoms with Gasteiger partial charge in [0, 0.05) is 5.69 Å². The molecule has 0 spiro atoms. The molecule has 2 rings (SSSR count). The first-order valence-electron chi connectivity index (χ1n) is 7.18. The van der Waals surface area contributed by atoms with Gasteiger partial charge in [0.2, 0.25) is 0 Å². The van der Waals surface area contributed by atoms with Gasteiger partial charge in [0.1, 0.15) is 17.4 Å². The Balaban J connectivity index is 2.23. The number of rotatable bonds is 4. The number of nitrogens with zero attached hydrogens (tertiary/aromatic N) is 1. The SMILES string of the molecule is COc1ccc(/C=C(/C#N)C(=O)Nc2cccc(C)c2)cc1C. The van der Waals surface area contributed by atoms with Gasteiger partial charge in [-0.15, -0.1) is 0 Å². The Hall–Kier alpha value is -3.06. The Labute approximate surface area is 136 Å². The number of nitriles is 1. The molecule has 0 atom stereocenters. The molecular formula is C19H18N2O2. The van der Waals surface area contributed by atoms with Gasteiger partial charge < -0.3 is 10.1 Å². The zero-order valence-corrected chi connectivity index (χ0v) is 13.4. The molecule has 4 heteroatoms. The first-order valence-corrected chi connectivity index (χ1v) is 7.18. The van der Waals surface area contributed by atoms with Crippen molar-refractivity contribution in [2.24, 2.45) is 0 Å². The zero-order chi connectivity index (χ0) is 16.8. The molecule has 4 nitrogen and oxygen atoms in total. The second kappa shape index (κ2) is 7.28. The summed E-state index contributed by atoms with van der Waals surface area (Å²) >= 11 is 0. The second-order valence-electron chi connectivity index (χ2n) is 5.22. The summed E-state index contributed by atoms with van der Waals surface area (Å²) in [5.41, 5.74) is 3.48. The number of benzene rings is 2. The third kappa shape index (κ3) is 4.21. The van der Waals surface area contributed by atoms with E-state index in [4.69, 9.17) is 4.74 Å². The maximum absolute atomic E-state index is 12.2. The Kier molecular flexibility index (Phi) is 5.16. The van der Waals surface area contributed by atoms with Gasteiger partial charge in [-0.25, -0.2) is 0 Å². The molecule has 0 aliphatic carbocycles. The lowest BCUT2D eigenvalue weighted by Crippen LogP contribution is -2.13. The van der Waals surface area contributed by atoms with Crippen molar-refractivity contribution in [1.82, 2.24) is 0 Å². The molecule has 0 fully saturated rings. The molecule has 116 valence electrons. The van der Waals surface area contributed by atoms with Crippen LogP contribution in [0.2, 0.25) is 0 Å². The smallest absolute Gasteiger partial charge is 0.266 e. The van der Waals surface area contributed by atoms with Crippen molar-refractivity contribution in [3.05, 3.63) is 64.7 Å². The third-order valence-electron chi connectivity index (χ3n) is 3.37. The maximum Gasteiger partial charge on any atom is 0.266 e. The lowest BCUT2D eigenvalue weighted by molar-refractivity contribution is -0.112. The van der Waals surface area contributed by atoms with E-state index >= 15 is 0 Å². The molecule has 1 N–H and O–H groups in total. The number of anilines is 1. The van der Waals surface area contributed by atoms with Gasteiger partial charge in [0.25, 0.3) is 5.91 Å². The molecule has 0 aromatic heterocycles. The highest BCUT2D eigenvalue weighted by Crippen LogP contribution is 2.20. The fourth-order valence-electron chi connectivity index (χ4n) is 2.23. The number of hydrogen-bond donors (Lipinski definition) is 1. The molecule has 2 aromatic rings. The zero-order valence-electron chi connectivity index (χ0n) is 13.4. The number of carbonyl (C=O) groups is 1. The fourth-order valence-corrected chi connectivity index (χ4v) is 2.23. The minimum absolute atomic E-state index is 0.0519. The average molecular weight is 306 g/mol. The maximum atomic E-state index is 12.2. The van der Waals surface area contributed by atoms with Gasteiger partial charge in [-0.3, -0.25) is 4.79 Å². The van der Waals surface area contributed by atoms with E-state index in [1.54, 1.807) is 19.3 Å². The van der Waals surface area contributed by atoms with E-state index < -0.39 is 5.91 Å². The van der Waals surface area contributed by atoms with Crippen LogP contribution in [0.5, 0.6) is 5.75 Å². The van der Waals surface area contributed by atoms with Crippen LogP contribution in [0.1, 0.15) is 16.7 Å². The molecule has 0 radical (unpaired) electrons. The van der Waals surface area contributed by atoms with Crippen molar-refractivity contribution in [2.75, 3.05) is 12.4 Å². The molecule has 23 heavy (non-hydrogen) atoms.